The summed E-state index contributed by atoms with van der Waals surface area (Å²) in [7, 11) is 1.56. The van der Waals surface area contributed by atoms with Crippen molar-refractivity contribution in [3.05, 3.63) is 36.1 Å². The van der Waals surface area contributed by atoms with Gasteiger partial charge in [0, 0.05) is 25.5 Å². The van der Waals surface area contributed by atoms with Gasteiger partial charge in [0.2, 0.25) is 5.91 Å². The Kier molecular flexibility index (Phi) is 4.74. The van der Waals surface area contributed by atoms with Gasteiger partial charge in [-0.1, -0.05) is 18.2 Å². The number of aliphatic carboxylic acids is 1. The van der Waals surface area contributed by atoms with Gasteiger partial charge in [-0.2, -0.15) is 0 Å². The number of likely N-dealkylation sites (tertiary alicyclic amines) is 1. The molecule has 132 valence electrons. The van der Waals surface area contributed by atoms with E-state index in [0.29, 0.717) is 35.9 Å². The number of furan rings is 1. The summed E-state index contributed by atoms with van der Waals surface area (Å²) in [5.74, 6) is -1.96. The number of hydrogen-bond acceptors (Lipinski definition) is 4. The summed E-state index contributed by atoms with van der Waals surface area (Å²) >= 11 is 0. The van der Waals surface area contributed by atoms with Crippen LogP contribution in [0.15, 0.2) is 34.9 Å². The Balaban J connectivity index is 1.67. The van der Waals surface area contributed by atoms with Gasteiger partial charge < -0.3 is 19.3 Å². The maximum atomic E-state index is 12.6. The molecule has 0 saturated carbocycles. The molecule has 0 radical (unpaired) electrons. The highest BCUT2D eigenvalue weighted by Crippen LogP contribution is 2.22. The molecule has 1 N–H and O–H groups in total. The van der Waals surface area contributed by atoms with Gasteiger partial charge in [0.25, 0.3) is 5.91 Å². The molecule has 1 aliphatic rings. The maximum Gasteiger partial charge on any atom is 0.308 e. The van der Waals surface area contributed by atoms with Gasteiger partial charge in [0.05, 0.1) is 18.0 Å². The van der Waals surface area contributed by atoms with Gasteiger partial charge in [0.1, 0.15) is 11.8 Å². The molecule has 0 spiro atoms. The number of hydrogen-bond donors (Lipinski definition) is 1. The molecule has 0 aliphatic carbocycles. The number of carbonyl (C=O) groups excluding carboxylic acids is 2. The molecule has 7 heteroatoms. The number of carboxylic acid groups (broad SMARTS) is 1. The minimum absolute atomic E-state index is 0.0926. The number of nitrogens with zero attached hydrogens (tertiary/aromatic N) is 2. The van der Waals surface area contributed by atoms with Crippen molar-refractivity contribution < 1.29 is 23.9 Å². The highest BCUT2D eigenvalue weighted by Gasteiger charge is 2.29. The largest absolute Gasteiger partial charge is 0.481 e. The van der Waals surface area contributed by atoms with Crippen LogP contribution in [0.25, 0.3) is 11.0 Å². The predicted molar refractivity (Wildman–Crippen MR) is 90.1 cm³/mol. The Morgan fingerprint density at radius 2 is 2.08 bits per heavy atom. The van der Waals surface area contributed by atoms with E-state index < -0.39 is 11.9 Å². The van der Waals surface area contributed by atoms with Crippen LogP contribution in [0.3, 0.4) is 0 Å². The molecule has 25 heavy (non-hydrogen) atoms. The molecule has 1 unspecified atom stereocenters. The van der Waals surface area contributed by atoms with E-state index in [9.17, 15) is 14.4 Å². The quantitative estimate of drug-likeness (QED) is 0.914. The van der Waals surface area contributed by atoms with E-state index in [4.69, 9.17) is 9.52 Å². The number of benzene rings is 1. The van der Waals surface area contributed by atoms with Gasteiger partial charge in [-0.15, -0.1) is 0 Å². The summed E-state index contributed by atoms with van der Waals surface area (Å²) in [6.07, 6.45) is 2.64. The second-order valence-corrected chi connectivity index (χ2v) is 6.32. The van der Waals surface area contributed by atoms with Crippen molar-refractivity contribution in [1.82, 2.24) is 9.80 Å². The summed E-state index contributed by atoms with van der Waals surface area (Å²) in [5, 5.41) is 9.82. The number of para-hydroxylation sites is 1. The molecule has 1 saturated heterocycles. The van der Waals surface area contributed by atoms with Crippen LogP contribution in [0.1, 0.15) is 23.2 Å². The third-order valence-corrected chi connectivity index (χ3v) is 4.55. The number of piperidine rings is 1. The molecule has 1 fully saturated rings. The number of amides is 2. The summed E-state index contributed by atoms with van der Waals surface area (Å²) in [6, 6.07) is 7.21. The van der Waals surface area contributed by atoms with E-state index in [1.165, 1.54) is 16.1 Å². The van der Waals surface area contributed by atoms with Crippen LogP contribution in [0.2, 0.25) is 0 Å². The molecule has 3 rings (SSSR count). The first-order valence-corrected chi connectivity index (χ1v) is 8.19. The van der Waals surface area contributed by atoms with E-state index in [-0.39, 0.29) is 24.9 Å². The maximum absolute atomic E-state index is 12.6. The third kappa shape index (κ3) is 3.50. The van der Waals surface area contributed by atoms with Crippen molar-refractivity contribution in [2.24, 2.45) is 5.92 Å². The zero-order chi connectivity index (χ0) is 18.0. The first kappa shape index (κ1) is 17.0. The molecular weight excluding hydrogens is 324 g/mol. The first-order chi connectivity index (χ1) is 12.0. The van der Waals surface area contributed by atoms with Crippen molar-refractivity contribution in [2.45, 2.75) is 12.8 Å². The lowest BCUT2D eigenvalue weighted by Gasteiger charge is -2.32. The molecule has 1 aliphatic heterocycles. The fourth-order valence-corrected chi connectivity index (χ4v) is 3.13. The van der Waals surface area contributed by atoms with Crippen molar-refractivity contribution in [1.29, 1.82) is 0 Å². The van der Waals surface area contributed by atoms with Crippen molar-refractivity contribution in [2.75, 3.05) is 26.7 Å². The standard InChI is InChI=1S/C18H20N2O5/c1-19(10-16(21)20-8-4-5-12(9-20)18(23)24)17(22)14-11-25-15-7-3-2-6-13(14)15/h2-3,6-7,11-12H,4-5,8-10H2,1H3,(H,23,24). The zero-order valence-corrected chi connectivity index (χ0v) is 14.0. The van der Waals surface area contributed by atoms with Crippen LogP contribution in [0.4, 0.5) is 0 Å². The molecule has 7 nitrogen and oxygen atoms in total. The topological polar surface area (TPSA) is 91.1 Å². The minimum atomic E-state index is -0.883. The Morgan fingerprint density at radius 1 is 1.32 bits per heavy atom. The lowest BCUT2D eigenvalue weighted by Crippen LogP contribution is -2.46. The molecule has 2 aromatic rings. The number of carbonyl (C=O) groups is 3. The molecule has 2 amide bonds. The Bertz CT molecular complexity index is 813. The van der Waals surface area contributed by atoms with E-state index in [2.05, 4.69) is 0 Å². The molecular formula is C18H20N2O5. The van der Waals surface area contributed by atoms with Gasteiger partial charge in [-0.3, -0.25) is 14.4 Å². The highest BCUT2D eigenvalue weighted by atomic mass is 16.4. The fraction of sp³-hybridized carbons (Fsp3) is 0.389. The predicted octanol–water partition coefficient (Wildman–Crippen LogP) is 1.83. The van der Waals surface area contributed by atoms with Crippen LogP contribution in [-0.4, -0.2) is 59.4 Å². The van der Waals surface area contributed by atoms with Crippen LogP contribution >= 0.6 is 0 Å². The van der Waals surface area contributed by atoms with E-state index in [0.717, 1.165) is 0 Å². The summed E-state index contributed by atoms with van der Waals surface area (Å²) in [4.78, 5) is 39.0. The molecule has 1 aromatic carbocycles. The number of rotatable bonds is 4. The van der Waals surface area contributed by atoms with Crippen molar-refractivity contribution in [3.8, 4) is 0 Å². The molecule has 2 heterocycles. The second-order valence-electron chi connectivity index (χ2n) is 6.32. The Hall–Kier alpha value is -2.83. The van der Waals surface area contributed by atoms with Crippen molar-refractivity contribution >= 4 is 28.8 Å². The minimum Gasteiger partial charge on any atom is -0.481 e. The van der Waals surface area contributed by atoms with Gasteiger partial charge in [-0.25, -0.2) is 0 Å². The molecule has 1 atom stereocenters. The fourth-order valence-electron chi connectivity index (χ4n) is 3.13. The smallest absolute Gasteiger partial charge is 0.308 e. The van der Waals surface area contributed by atoms with Crippen LogP contribution in [0.5, 0.6) is 0 Å². The SMILES string of the molecule is CN(CC(=O)N1CCCC(C(=O)O)C1)C(=O)c1coc2ccccc12. The molecule has 0 bridgehead atoms. The summed E-state index contributed by atoms with van der Waals surface area (Å²) < 4.78 is 5.37. The van der Waals surface area contributed by atoms with Gasteiger partial charge in [0.15, 0.2) is 0 Å². The van der Waals surface area contributed by atoms with E-state index >= 15 is 0 Å². The van der Waals surface area contributed by atoms with Crippen LogP contribution in [0, 0.1) is 5.92 Å². The molecule has 1 aromatic heterocycles. The Labute approximate surface area is 144 Å². The average Bonchev–Trinajstić information content (AvgIpc) is 3.05. The second kappa shape index (κ2) is 6.96. The number of fused-ring (bicyclic) bond motifs is 1. The lowest BCUT2D eigenvalue weighted by atomic mass is 9.98. The van der Waals surface area contributed by atoms with Crippen molar-refractivity contribution in [3.63, 3.8) is 0 Å². The van der Waals surface area contributed by atoms with Crippen LogP contribution in [-0.2, 0) is 9.59 Å². The average molecular weight is 344 g/mol. The third-order valence-electron chi connectivity index (χ3n) is 4.55. The van der Waals surface area contributed by atoms with Gasteiger partial charge in [-0.05, 0) is 18.9 Å². The monoisotopic (exact) mass is 344 g/mol. The summed E-state index contributed by atoms with van der Waals surface area (Å²) in [5.41, 5.74) is 1.03. The number of carboxylic acids is 1. The lowest BCUT2D eigenvalue weighted by molar-refractivity contribution is -0.145. The summed E-state index contributed by atoms with van der Waals surface area (Å²) in [6.45, 7) is 0.634. The van der Waals surface area contributed by atoms with E-state index in [1.807, 2.05) is 12.1 Å². The normalized spacial score (nSPS) is 17.5. The highest BCUT2D eigenvalue weighted by molar-refractivity contribution is 6.06. The first-order valence-electron chi connectivity index (χ1n) is 8.19. The Morgan fingerprint density at radius 3 is 2.84 bits per heavy atom. The number of likely N-dealkylation sites (N-methyl/N-ethyl adjacent to an activating group) is 1. The zero-order valence-electron chi connectivity index (χ0n) is 14.0. The van der Waals surface area contributed by atoms with Crippen LogP contribution < -0.4 is 0 Å². The van der Waals surface area contributed by atoms with Gasteiger partial charge >= 0.3 is 5.97 Å². The van der Waals surface area contributed by atoms with E-state index in [1.54, 1.807) is 19.2 Å².